The van der Waals surface area contributed by atoms with E-state index in [0.29, 0.717) is 5.22 Å². The van der Waals surface area contributed by atoms with E-state index in [-0.39, 0.29) is 11.2 Å². The normalized spacial score (nSPS) is 15.8. The first kappa shape index (κ1) is 15.3. The van der Waals surface area contributed by atoms with Gasteiger partial charge >= 0.3 is 0 Å². The van der Waals surface area contributed by atoms with E-state index in [1.54, 1.807) is 0 Å². The predicted octanol–water partition coefficient (Wildman–Crippen LogP) is 4.28. The van der Waals surface area contributed by atoms with Gasteiger partial charge in [-0.15, -0.1) is 0 Å². The molecule has 0 radical (unpaired) electrons. The third kappa shape index (κ3) is 3.04. The van der Waals surface area contributed by atoms with E-state index in [2.05, 4.69) is 4.98 Å². The summed E-state index contributed by atoms with van der Waals surface area (Å²) in [5.74, 6) is 0.144. The average Bonchev–Trinajstić information content (AvgIpc) is 3.29. The van der Waals surface area contributed by atoms with Crippen LogP contribution in [-0.2, 0) is 4.79 Å². The number of thioether (sulfide) groups is 1. The molecule has 122 valence electrons. The lowest BCUT2D eigenvalue weighted by molar-refractivity contribution is -0.129. The highest BCUT2D eigenvalue weighted by atomic mass is 32.2. The van der Waals surface area contributed by atoms with Crippen LogP contribution in [0.3, 0.4) is 0 Å². The summed E-state index contributed by atoms with van der Waals surface area (Å²) in [6.07, 6.45) is 2.17. The van der Waals surface area contributed by atoms with Crippen LogP contribution in [0.15, 0.2) is 64.2 Å². The molecule has 2 aromatic carbocycles. The van der Waals surface area contributed by atoms with E-state index in [4.69, 9.17) is 4.42 Å². The van der Waals surface area contributed by atoms with Crippen molar-refractivity contribution in [1.82, 2.24) is 9.88 Å². The van der Waals surface area contributed by atoms with Crippen molar-refractivity contribution in [3.8, 4) is 0 Å². The zero-order valence-corrected chi connectivity index (χ0v) is 14.0. The number of carbonyl (C=O) groups is 1. The first-order valence-electron chi connectivity index (χ1n) is 8.17. The summed E-state index contributed by atoms with van der Waals surface area (Å²) in [5.41, 5.74) is 2.56. The number of fused-ring (bicyclic) bond motifs is 1. The number of para-hydroxylation sites is 2. The second-order valence-corrected chi connectivity index (χ2v) is 6.94. The summed E-state index contributed by atoms with van der Waals surface area (Å²) in [6.45, 7) is 1.69. The van der Waals surface area contributed by atoms with Gasteiger partial charge < -0.3 is 9.32 Å². The van der Waals surface area contributed by atoms with Crippen molar-refractivity contribution in [2.75, 3.05) is 13.1 Å². The molecular formula is C19H18N2O2S. The summed E-state index contributed by atoms with van der Waals surface area (Å²) in [4.78, 5) is 19.5. The summed E-state index contributed by atoms with van der Waals surface area (Å²) >= 11 is 1.39. The molecule has 0 unspecified atom stereocenters. The lowest BCUT2D eigenvalue weighted by Crippen LogP contribution is -2.31. The molecule has 0 saturated carbocycles. The Hall–Kier alpha value is -2.27. The highest BCUT2D eigenvalue weighted by Crippen LogP contribution is 2.38. The van der Waals surface area contributed by atoms with Crippen LogP contribution < -0.4 is 0 Å². The van der Waals surface area contributed by atoms with Crippen LogP contribution in [0.2, 0.25) is 0 Å². The minimum atomic E-state index is -0.322. The maximum absolute atomic E-state index is 13.0. The van der Waals surface area contributed by atoms with Crippen LogP contribution in [0.5, 0.6) is 0 Å². The number of benzene rings is 2. The Morgan fingerprint density at radius 2 is 1.75 bits per heavy atom. The number of carbonyl (C=O) groups excluding carboxylic acids is 1. The Morgan fingerprint density at radius 1 is 1.04 bits per heavy atom. The van der Waals surface area contributed by atoms with Crippen molar-refractivity contribution in [3.63, 3.8) is 0 Å². The Bertz CT molecular complexity index is 808. The van der Waals surface area contributed by atoms with E-state index in [1.807, 2.05) is 59.5 Å². The number of rotatable bonds is 4. The zero-order valence-electron chi connectivity index (χ0n) is 13.2. The lowest BCUT2D eigenvalue weighted by Gasteiger charge is -2.22. The van der Waals surface area contributed by atoms with Gasteiger partial charge in [0.15, 0.2) is 5.58 Å². The van der Waals surface area contributed by atoms with E-state index >= 15 is 0 Å². The molecule has 0 spiro atoms. The second kappa shape index (κ2) is 6.69. The first-order valence-corrected chi connectivity index (χ1v) is 9.05. The molecule has 3 aromatic rings. The van der Waals surface area contributed by atoms with Crippen molar-refractivity contribution in [3.05, 3.63) is 60.2 Å². The molecule has 2 heterocycles. The van der Waals surface area contributed by atoms with Crippen LogP contribution >= 0.6 is 11.8 Å². The Kier molecular flexibility index (Phi) is 4.26. The van der Waals surface area contributed by atoms with E-state index in [1.165, 1.54) is 11.8 Å². The summed E-state index contributed by atoms with van der Waals surface area (Å²) < 4.78 is 5.81. The Morgan fingerprint density at radius 3 is 2.50 bits per heavy atom. The van der Waals surface area contributed by atoms with Gasteiger partial charge in [-0.05, 0) is 42.3 Å². The van der Waals surface area contributed by atoms with E-state index in [9.17, 15) is 4.79 Å². The molecule has 5 heteroatoms. The molecule has 1 fully saturated rings. The van der Waals surface area contributed by atoms with Gasteiger partial charge in [0, 0.05) is 13.1 Å². The molecule has 1 aromatic heterocycles. The number of nitrogens with zero attached hydrogens (tertiary/aromatic N) is 2. The molecule has 1 aliphatic heterocycles. The van der Waals surface area contributed by atoms with Gasteiger partial charge in [-0.3, -0.25) is 4.79 Å². The summed E-state index contributed by atoms with van der Waals surface area (Å²) in [7, 11) is 0. The SMILES string of the molecule is O=C([C@H](Sc1nc2ccccc2o1)c1ccccc1)N1CCCC1. The monoisotopic (exact) mass is 338 g/mol. The smallest absolute Gasteiger partial charge is 0.257 e. The van der Waals surface area contributed by atoms with Gasteiger partial charge in [-0.25, -0.2) is 4.98 Å². The molecule has 24 heavy (non-hydrogen) atoms. The molecule has 4 rings (SSSR count). The number of likely N-dealkylation sites (tertiary alicyclic amines) is 1. The standard InChI is InChI=1S/C19H18N2O2S/c22-18(21-12-6-7-13-21)17(14-8-2-1-3-9-14)24-19-20-15-10-4-5-11-16(15)23-19/h1-5,8-11,17H,6-7,12-13H2/t17-/m1/s1. The number of hydrogen-bond acceptors (Lipinski definition) is 4. The predicted molar refractivity (Wildman–Crippen MR) is 94.9 cm³/mol. The highest BCUT2D eigenvalue weighted by molar-refractivity contribution is 8.00. The van der Waals surface area contributed by atoms with Gasteiger partial charge in [0.05, 0.1) is 0 Å². The zero-order chi connectivity index (χ0) is 16.4. The molecule has 1 aliphatic rings. The number of oxazole rings is 1. The Balaban J connectivity index is 1.65. The van der Waals surface area contributed by atoms with E-state index in [0.717, 1.165) is 42.6 Å². The largest absolute Gasteiger partial charge is 0.431 e. The summed E-state index contributed by atoms with van der Waals surface area (Å²) in [6, 6.07) is 17.6. The van der Waals surface area contributed by atoms with Crippen molar-refractivity contribution in [2.24, 2.45) is 0 Å². The van der Waals surface area contributed by atoms with Crippen LogP contribution in [0.4, 0.5) is 0 Å². The van der Waals surface area contributed by atoms with Crippen LogP contribution in [-0.4, -0.2) is 28.9 Å². The van der Waals surface area contributed by atoms with Gasteiger partial charge in [-0.1, -0.05) is 42.5 Å². The maximum Gasteiger partial charge on any atom is 0.257 e. The third-order valence-electron chi connectivity index (χ3n) is 4.24. The molecule has 4 nitrogen and oxygen atoms in total. The van der Waals surface area contributed by atoms with Crippen LogP contribution in [0.1, 0.15) is 23.7 Å². The molecule has 1 atom stereocenters. The first-order chi connectivity index (χ1) is 11.8. The van der Waals surface area contributed by atoms with Gasteiger partial charge in [0.2, 0.25) is 5.91 Å². The fourth-order valence-corrected chi connectivity index (χ4v) is 4.03. The maximum atomic E-state index is 13.0. The number of aromatic nitrogens is 1. The van der Waals surface area contributed by atoms with Crippen LogP contribution in [0, 0.1) is 0 Å². The number of hydrogen-bond donors (Lipinski definition) is 0. The highest BCUT2D eigenvalue weighted by Gasteiger charge is 2.30. The van der Waals surface area contributed by atoms with Crippen molar-refractivity contribution >= 4 is 28.8 Å². The third-order valence-corrected chi connectivity index (χ3v) is 5.32. The minimum Gasteiger partial charge on any atom is -0.431 e. The van der Waals surface area contributed by atoms with Gasteiger partial charge in [0.1, 0.15) is 10.8 Å². The fourth-order valence-electron chi connectivity index (χ4n) is 2.99. The molecule has 0 bridgehead atoms. The van der Waals surface area contributed by atoms with Crippen molar-refractivity contribution < 1.29 is 9.21 Å². The van der Waals surface area contributed by atoms with Crippen LogP contribution in [0.25, 0.3) is 11.1 Å². The lowest BCUT2D eigenvalue weighted by atomic mass is 10.1. The topological polar surface area (TPSA) is 46.3 Å². The average molecular weight is 338 g/mol. The van der Waals surface area contributed by atoms with Crippen molar-refractivity contribution in [2.45, 2.75) is 23.3 Å². The molecule has 1 saturated heterocycles. The van der Waals surface area contributed by atoms with E-state index < -0.39 is 0 Å². The Labute approximate surface area is 144 Å². The van der Waals surface area contributed by atoms with Gasteiger partial charge in [0.25, 0.3) is 5.22 Å². The molecular weight excluding hydrogens is 320 g/mol. The summed E-state index contributed by atoms with van der Waals surface area (Å²) in [5, 5.41) is 0.218. The molecule has 0 aliphatic carbocycles. The molecule has 1 amide bonds. The quantitative estimate of drug-likeness (QED) is 0.666. The fraction of sp³-hybridized carbons (Fsp3) is 0.263. The number of amides is 1. The minimum absolute atomic E-state index is 0.144. The second-order valence-electron chi connectivity index (χ2n) is 5.89. The van der Waals surface area contributed by atoms with Gasteiger partial charge in [-0.2, -0.15) is 0 Å². The van der Waals surface area contributed by atoms with Crippen molar-refractivity contribution in [1.29, 1.82) is 0 Å². The molecule has 0 N–H and O–H groups in total.